The highest BCUT2D eigenvalue weighted by Crippen LogP contribution is 2.29. The Labute approximate surface area is 158 Å². The maximum absolute atomic E-state index is 12.8. The molecule has 0 aliphatic heterocycles. The van der Waals surface area contributed by atoms with Crippen LogP contribution < -0.4 is 5.32 Å². The normalized spacial score (nSPS) is 10.9. The molecule has 1 amide bonds. The van der Waals surface area contributed by atoms with Gasteiger partial charge < -0.3 is 5.32 Å². The molecule has 4 aromatic rings. The molecule has 0 bridgehead atoms. The first kappa shape index (κ1) is 17.0. The highest BCUT2D eigenvalue weighted by Gasteiger charge is 2.17. The van der Waals surface area contributed by atoms with E-state index in [1.54, 1.807) is 0 Å². The number of carbonyl (C=O) groups is 1. The molecule has 0 saturated carbocycles. The van der Waals surface area contributed by atoms with Crippen molar-refractivity contribution >= 4 is 17.4 Å². The van der Waals surface area contributed by atoms with E-state index in [-0.39, 0.29) is 5.91 Å². The van der Waals surface area contributed by atoms with Crippen LogP contribution in [-0.4, -0.2) is 15.3 Å². The van der Waals surface area contributed by atoms with Crippen molar-refractivity contribution in [1.29, 1.82) is 0 Å². The highest BCUT2D eigenvalue weighted by molar-refractivity contribution is 5.96. The minimum absolute atomic E-state index is 0.0511. The SMILES string of the molecule is Cc1ccccc1CC(=O)Nc1c(-c2ccccc2)nc2c(C)cccn12. The number of fused-ring (bicyclic) bond motifs is 1. The summed E-state index contributed by atoms with van der Waals surface area (Å²) in [6, 6.07) is 21.9. The summed E-state index contributed by atoms with van der Waals surface area (Å²) in [5.41, 5.74) is 5.82. The van der Waals surface area contributed by atoms with E-state index in [1.807, 2.05) is 91.2 Å². The van der Waals surface area contributed by atoms with Crippen molar-refractivity contribution in [1.82, 2.24) is 9.38 Å². The number of pyridine rings is 1. The summed E-state index contributed by atoms with van der Waals surface area (Å²) in [5.74, 6) is 0.656. The summed E-state index contributed by atoms with van der Waals surface area (Å²) < 4.78 is 1.95. The van der Waals surface area contributed by atoms with Gasteiger partial charge in [-0.25, -0.2) is 4.98 Å². The van der Waals surface area contributed by atoms with Crippen LogP contribution in [0.25, 0.3) is 16.9 Å². The Morgan fingerprint density at radius 1 is 0.926 bits per heavy atom. The average molecular weight is 355 g/mol. The fraction of sp³-hybridized carbons (Fsp3) is 0.130. The number of nitrogens with zero attached hydrogens (tertiary/aromatic N) is 2. The molecule has 0 saturated heterocycles. The van der Waals surface area contributed by atoms with Gasteiger partial charge in [0.15, 0.2) is 0 Å². The lowest BCUT2D eigenvalue weighted by Gasteiger charge is -2.09. The second-order valence-corrected chi connectivity index (χ2v) is 6.71. The molecule has 0 atom stereocenters. The summed E-state index contributed by atoms with van der Waals surface area (Å²) in [6.07, 6.45) is 2.27. The van der Waals surface area contributed by atoms with E-state index < -0.39 is 0 Å². The van der Waals surface area contributed by atoms with Crippen molar-refractivity contribution in [3.63, 3.8) is 0 Å². The Morgan fingerprint density at radius 2 is 1.63 bits per heavy atom. The van der Waals surface area contributed by atoms with Crippen molar-refractivity contribution in [2.45, 2.75) is 20.3 Å². The lowest BCUT2D eigenvalue weighted by Crippen LogP contribution is -2.16. The molecule has 27 heavy (non-hydrogen) atoms. The van der Waals surface area contributed by atoms with Crippen LogP contribution in [-0.2, 0) is 11.2 Å². The van der Waals surface area contributed by atoms with Gasteiger partial charge in [-0.3, -0.25) is 9.20 Å². The number of aryl methyl sites for hydroxylation is 2. The van der Waals surface area contributed by atoms with Crippen molar-refractivity contribution < 1.29 is 4.79 Å². The maximum atomic E-state index is 12.8. The molecule has 134 valence electrons. The predicted octanol–water partition coefficient (Wildman–Crippen LogP) is 4.80. The molecule has 2 aromatic carbocycles. The van der Waals surface area contributed by atoms with Crippen LogP contribution >= 0.6 is 0 Å². The molecular weight excluding hydrogens is 334 g/mol. The number of anilines is 1. The molecule has 2 aromatic heterocycles. The molecule has 2 heterocycles. The molecule has 4 rings (SSSR count). The fourth-order valence-corrected chi connectivity index (χ4v) is 3.28. The number of benzene rings is 2. The first-order valence-electron chi connectivity index (χ1n) is 9.01. The minimum atomic E-state index is -0.0511. The van der Waals surface area contributed by atoms with Crippen molar-refractivity contribution in [2.75, 3.05) is 5.32 Å². The van der Waals surface area contributed by atoms with Crippen LogP contribution in [0.3, 0.4) is 0 Å². The summed E-state index contributed by atoms with van der Waals surface area (Å²) in [5, 5.41) is 3.10. The summed E-state index contributed by atoms with van der Waals surface area (Å²) >= 11 is 0. The minimum Gasteiger partial charge on any atom is -0.310 e. The van der Waals surface area contributed by atoms with Crippen LogP contribution in [0.2, 0.25) is 0 Å². The molecule has 4 heteroatoms. The predicted molar refractivity (Wildman–Crippen MR) is 109 cm³/mol. The van der Waals surface area contributed by atoms with Gasteiger partial charge >= 0.3 is 0 Å². The van der Waals surface area contributed by atoms with Gasteiger partial charge in [0, 0.05) is 11.8 Å². The molecule has 4 nitrogen and oxygen atoms in total. The highest BCUT2D eigenvalue weighted by atomic mass is 16.1. The zero-order valence-corrected chi connectivity index (χ0v) is 15.4. The van der Waals surface area contributed by atoms with Gasteiger partial charge in [-0.1, -0.05) is 60.7 Å². The lowest BCUT2D eigenvalue weighted by atomic mass is 10.1. The Morgan fingerprint density at radius 3 is 2.41 bits per heavy atom. The number of aromatic nitrogens is 2. The smallest absolute Gasteiger partial charge is 0.229 e. The van der Waals surface area contributed by atoms with Crippen LogP contribution in [0.1, 0.15) is 16.7 Å². The molecule has 0 aliphatic rings. The molecule has 0 spiro atoms. The fourth-order valence-electron chi connectivity index (χ4n) is 3.28. The molecule has 0 fully saturated rings. The van der Waals surface area contributed by atoms with Gasteiger partial charge in [0.25, 0.3) is 0 Å². The third-order valence-electron chi connectivity index (χ3n) is 4.76. The standard InChI is InChI=1S/C23H21N3O/c1-16-9-6-7-13-19(16)15-20(27)24-23-21(18-11-4-3-5-12-18)25-22-17(2)10-8-14-26(22)23/h3-14H,15H2,1-2H3,(H,24,27). The van der Waals surface area contributed by atoms with Gasteiger partial charge in [-0.2, -0.15) is 0 Å². The summed E-state index contributed by atoms with van der Waals surface area (Å²) in [6.45, 7) is 4.05. The zero-order valence-electron chi connectivity index (χ0n) is 15.4. The molecule has 1 N–H and O–H groups in total. The number of hydrogen-bond donors (Lipinski definition) is 1. The van der Waals surface area contributed by atoms with E-state index in [1.165, 1.54) is 0 Å². The third-order valence-corrected chi connectivity index (χ3v) is 4.76. The third kappa shape index (κ3) is 3.34. The van der Waals surface area contributed by atoms with E-state index in [0.29, 0.717) is 12.2 Å². The van der Waals surface area contributed by atoms with Crippen molar-refractivity contribution in [3.8, 4) is 11.3 Å². The summed E-state index contributed by atoms with van der Waals surface area (Å²) in [4.78, 5) is 17.6. The average Bonchev–Trinajstić information content (AvgIpc) is 3.04. The Hall–Kier alpha value is -3.40. The van der Waals surface area contributed by atoms with Crippen LogP contribution in [0, 0.1) is 13.8 Å². The Bertz CT molecular complexity index is 1110. The Kier molecular flexibility index (Phi) is 4.47. The van der Waals surface area contributed by atoms with Gasteiger partial charge in [0.1, 0.15) is 17.2 Å². The summed E-state index contributed by atoms with van der Waals surface area (Å²) in [7, 11) is 0. The molecule has 0 radical (unpaired) electrons. The quantitative estimate of drug-likeness (QED) is 0.571. The number of amides is 1. The van der Waals surface area contributed by atoms with E-state index in [4.69, 9.17) is 4.98 Å². The van der Waals surface area contributed by atoms with E-state index in [9.17, 15) is 4.79 Å². The van der Waals surface area contributed by atoms with Crippen molar-refractivity contribution in [3.05, 3.63) is 89.6 Å². The monoisotopic (exact) mass is 355 g/mol. The number of rotatable bonds is 4. The zero-order chi connectivity index (χ0) is 18.8. The lowest BCUT2D eigenvalue weighted by molar-refractivity contribution is -0.115. The molecular formula is C23H21N3O. The van der Waals surface area contributed by atoms with Crippen LogP contribution in [0.5, 0.6) is 0 Å². The van der Waals surface area contributed by atoms with Crippen LogP contribution in [0.4, 0.5) is 5.82 Å². The van der Waals surface area contributed by atoms with Gasteiger partial charge in [0.05, 0.1) is 6.42 Å². The second-order valence-electron chi connectivity index (χ2n) is 6.71. The number of carbonyl (C=O) groups excluding carboxylic acids is 1. The maximum Gasteiger partial charge on any atom is 0.229 e. The number of hydrogen-bond acceptors (Lipinski definition) is 2. The van der Waals surface area contributed by atoms with E-state index >= 15 is 0 Å². The van der Waals surface area contributed by atoms with Gasteiger partial charge in [-0.15, -0.1) is 0 Å². The largest absolute Gasteiger partial charge is 0.310 e. The first-order chi connectivity index (χ1) is 13.1. The molecule has 0 unspecified atom stereocenters. The van der Waals surface area contributed by atoms with Gasteiger partial charge in [-0.05, 0) is 36.6 Å². The van der Waals surface area contributed by atoms with E-state index in [0.717, 1.165) is 33.6 Å². The molecule has 0 aliphatic carbocycles. The second kappa shape index (κ2) is 7.08. The Balaban J connectivity index is 1.75. The first-order valence-corrected chi connectivity index (χ1v) is 9.01. The number of imidazole rings is 1. The van der Waals surface area contributed by atoms with Crippen molar-refractivity contribution in [2.24, 2.45) is 0 Å². The topological polar surface area (TPSA) is 46.4 Å². The van der Waals surface area contributed by atoms with Crippen LogP contribution in [0.15, 0.2) is 72.9 Å². The number of nitrogens with one attached hydrogen (secondary N) is 1. The van der Waals surface area contributed by atoms with Gasteiger partial charge in [0.2, 0.25) is 5.91 Å². The van der Waals surface area contributed by atoms with E-state index in [2.05, 4.69) is 5.32 Å².